The zero-order valence-corrected chi connectivity index (χ0v) is 13.8. The Morgan fingerprint density at radius 1 is 1.38 bits per heavy atom. The van der Waals surface area contributed by atoms with E-state index in [4.69, 9.17) is 0 Å². The number of hydrogen-bond donors (Lipinski definition) is 1. The van der Waals surface area contributed by atoms with Gasteiger partial charge in [-0.15, -0.1) is 5.10 Å². The van der Waals surface area contributed by atoms with Gasteiger partial charge in [-0.05, 0) is 28.8 Å². The Morgan fingerprint density at radius 2 is 2.17 bits per heavy atom. The maximum atomic E-state index is 13.0. The average Bonchev–Trinajstić information content (AvgIpc) is 3.25. The number of aromatic nitrogens is 4. The zero-order valence-electron chi connectivity index (χ0n) is 13.8. The Kier molecular flexibility index (Phi) is 5.20. The van der Waals surface area contributed by atoms with Gasteiger partial charge in [0.15, 0.2) is 0 Å². The van der Waals surface area contributed by atoms with E-state index in [-0.39, 0.29) is 17.9 Å². The van der Waals surface area contributed by atoms with Crippen molar-refractivity contribution in [3.8, 4) is 0 Å². The number of hydrogen-bond acceptors (Lipinski definition) is 5. The van der Waals surface area contributed by atoms with Crippen molar-refractivity contribution in [2.45, 2.75) is 37.8 Å². The number of benzene rings is 1. The van der Waals surface area contributed by atoms with Crippen molar-refractivity contribution in [1.82, 2.24) is 25.1 Å². The smallest absolute Gasteiger partial charge is 0.247 e. The van der Waals surface area contributed by atoms with Gasteiger partial charge in [0.05, 0.1) is 6.10 Å². The molecule has 1 fully saturated rings. The van der Waals surface area contributed by atoms with E-state index in [0.29, 0.717) is 13.0 Å². The Labute approximate surface area is 141 Å². The molecule has 1 aliphatic rings. The van der Waals surface area contributed by atoms with Gasteiger partial charge in [0.1, 0.15) is 12.4 Å². The summed E-state index contributed by atoms with van der Waals surface area (Å²) in [4.78, 5) is 14.7. The number of aliphatic hydroxyl groups is 1. The van der Waals surface area contributed by atoms with Gasteiger partial charge in [-0.25, -0.2) is 4.68 Å². The zero-order chi connectivity index (χ0) is 16.9. The van der Waals surface area contributed by atoms with E-state index >= 15 is 0 Å². The fourth-order valence-electron chi connectivity index (χ4n) is 3.37. The lowest BCUT2D eigenvalue weighted by Crippen LogP contribution is -2.40. The molecule has 0 radical (unpaired) electrons. The number of carbonyl (C=O) groups is 1. The maximum absolute atomic E-state index is 13.0. The van der Waals surface area contributed by atoms with Gasteiger partial charge in [-0.1, -0.05) is 36.8 Å². The minimum absolute atomic E-state index is 0.0368. The van der Waals surface area contributed by atoms with Crippen LogP contribution in [0.1, 0.15) is 30.9 Å². The fourth-order valence-corrected chi connectivity index (χ4v) is 3.37. The number of amides is 1. The molecular formula is C17H23N5O2. The van der Waals surface area contributed by atoms with Crippen molar-refractivity contribution < 1.29 is 9.90 Å². The van der Waals surface area contributed by atoms with E-state index in [0.717, 1.165) is 24.8 Å². The normalized spacial score (nSPS) is 21.6. The summed E-state index contributed by atoms with van der Waals surface area (Å²) in [5.41, 5.74) is 1.06. The first kappa shape index (κ1) is 16.6. The predicted octanol–water partition coefficient (Wildman–Crippen LogP) is 1.08. The molecule has 7 heteroatoms. The van der Waals surface area contributed by atoms with Gasteiger partial charge in [0.2, 0.25) is 5.91 Å². The molecule has 1 aromatic carbocycles. The van der Waals surface area contributed by atoms with Crippen molar-refractivity contribution in [2.24, 2.45) is 5.92 Å². The second-order valence-electron chi connectivity index (χ2n) is 6.47. The lowest BCUT2D eigenvalue weighted by Gasteiger charge is -2.27. The molecule has 1 heterocycles. The lowest BCUT2D eigenvalue weighted by molar-refractivity contribution is -0.134. The Hall–Kier alpha value is -2.28. The summed E-state index contributed by atoms with van der Waals surface area (Å²) < 4.78 is 1.51. The third kappa shape index (κ3) is 3.79. The van der Waals surface area contributed by atoms with Crippen molar-refractivity contribution in [1.29, 1.82) is 0 Å². The average molecular weight is 329 g/mol. The van der Waals surface area contributed by atoms with Crippen LogP contribution in [0.5, 0.6) is 0 Å². The molecule has 1 N–H and O–H groups in total. The van der Waals surface area contributed by atoms with E-state index in [1.807, 2.05) is 30.3 Å². The highest BCUT2D eigenvalue weighted by Crippen LogP contribution is 2.27. The van der Waals surface area contributed by atoms with E-state index in [1.54, 1.807) is 11.9 Å². The Morgan fingerprint density at radius 3 is 2.79 bits per heavy atom. The highest BCUT2D eigenvalue weighted by atomic mass is 16.3. The number of carbonyl (C=O) groups excluding carboxylic acids is 1. The van der Waals surface area contributed by atoms with Crippen LogP contribution in [0.2, 0.25) is 0 Å². The molecule has 1 aliphatic carbocycles. The van der Waals surface area contributed by atoms with Gasteiger partial charge in [0.25, 0.3) is 0 Å². The van der Waals surface area contributed by atoms with E-state index in [1.165, 1.54) is 11.0 Å². The number of aliphatic hydroxyl groups excluding tert-OH is 1. The first-order chi connectivity index (χ1) is 11.6. The molecule has 128 valence electrons. The highest BCUT2D eigenvalue weighted by Gasteiger charge is 2.31. The topological polar surface area (TPSA) is 84.1 Å². The Balaban J connectivity index is 1.73. The summed E-state index contributed by atoms with van der Waals surface area (Å²) in [6.07, 6.45) is 4.52. The summed E-state index contributed by atoms with van der Waals surface area (Å²) in [5.74, 6) is 0.121. The van der Waals surface area contributed by atoms with Crippen LogP contribution in [0.4, 0.5) is 0 Å². The van der Waals surface area contributed by atoms with Crippen LogP contribution in [0.15, 0.2) is 36.7 Å². The monoisotopic (exact) mass is 329 g/mol. The van der Waals surface area contributed by atoms with E-state index < -0.39 is 6.04 Å². The molecule has 3 atom stereocenters. The summed E-state index contributed by atoms with van der Waals surface area (Å²) >= 11 is 0. The molecule has 1 aromatic heterocycles. The van der Waals surface area contributed by atoms with Crippen LogP contribution in [0.25, 0.3) is 0 Å². The minimum atomic E-state index is -0.481. The van der Waals surface area contributed by atoms with Crippen LogP contribution in [0.3, 0.4) is 0 Å². The minimum Gasteiger partial charge on any atom is -0.393 e. The van der Waals surface area contributed by atoms with Crippen LogP contribution in [0, 0.1) is 5.92 Å². The molecule has 3 unspecified atom stereocenters. The molecule has 0 saturated heterocycles. The molecule has 1 amide bonds. The quantitative estimate of drug-likeness (QED) is 0.857. The van der Waals surface area contributed by atoms with Crippen molar-refractivity contribution >= 4 is 5.91 Å². The maximum Gasteiger partial charge on any atom is 0.247 e. The third-order valence-corrected chi connectivity index (χ3v) is 4.74. The number of tetrazole rings is 1. The summed E-state index contributed by atoms with van der Waals surface area (Å²) in [7, 11) is 1.79. The highest BCUT2D eigenvalue weighted by molar-refractivity contribution is 5.80. The predicted molar refractivity (Wildman–Crippen MR) is 88.0 cm³/mol. The number of likely N-dealkylation sites (N-methyl/N-ethyl adjacent to an activating group) is 1. The molecule has 0 bridgehead atoms. The van der Waals surface area contributed by atoms with Gasteiger partial charge in [-0.2, -0.15) is 0 Å². The molecule has 0 spiro atoms. The van der Waals surface area contributed by atoms with Gasteiger partial charge in [0, 0.05) is 25.9 Å². The second-order valence-corrected chi connectivity index (χ2v) is 6.47. The fraction of sp³-hybridized carbons (Fsp3) is 0.529. The SMILES string of the molecule is CN(CC1CCCC1O)C(=O)C(Cc1ccccc1)n1cnnn1. The summed E-state index contributed by atoms with van der Waals surface area (Å²) in [5, 5.41) is 21.3. The van der Waals surface area contributed by atoms with Crippen LogP contribution in [-0.2, 0) is 11.2 Å². The first-order valence-corrected chi connectivity index (χ1v) is 8.34. The van der Waals surface area contributed by atoms with Crippen molar-refractivity contribution in [3.05, 3.63) is 42.2 Å². The second kappa shape index (κ2) is 7.53. The molecule has 2 aromatic rings. The van der Waals surface area contributed by atoms with Crippen molar-refractivity contribution in [2.75, 3.05) is 13.6 Å². The third-order valence-electron chi connectivity index (χ3n) is 4.74. The number of rotatable bonds is 6. The Bertz CT molecular complexity index is 646. The van der Waals surface area contributed by atoms with Gasteiger partial charge >= 0.3 is 0 Å². The molecule has 7 nitrogen and oxygen atoms in total. The van der Waals surface area contributed by atoms with Crippen LogP contribution < -0.4 is 0 Å². The first-order valence-electron chi connectivity index (χ1n) is 8.34. The molecule has 0 aliphatic heterocycles. The molecule has 3 rings (SSSR count). The van der Waals surface area contributed by atoms with E-state index in [2.05, 4.69) is 15.5 Å². The molecular weight excluding hydrogens is 306 g/mol. The summed E-state index contributed by atoms with van der Waals surface area (Å²) in [6, 6.07) is 9.36. The lowest BCUT2D eigenvalue weighted by atomic mass is 10.0. The van der Waals surface area contributed by atoms with Gasteiger partial charge in [-0.3, -0.25) is 4.79 Å². The van der Waals surface area contributed by atoms with Gasteiger partial charge < -0.3 is 10.0 Å². The molecule has 1 saturated carbocycles. The van der Waals surface area contributed by atoms with Crippen LogP contribution >= 0.6 is 0 Å². The molecule has 24 heavy (non-hydrogen) atoms. The van der Waals surface area contributed by atoms with E-state index in [9.17, 15) is 9.90 Å². The largest absolute Gasteiger partial charge is 0.393 e. The van der Waals surface area contributed by atoms with Crippen LogP contribution in [-0.4, -0.2) is 55.8 Å². The van der Waals surface area contributed by atoms with Crippen molar-refractivity contribution in [3.63, 3.8) is 0 Å². The number of nitrogens with zero attached hydrogens (tertiary/aromatic N) is 5. The summed E-state index contributed by atoms with van der Waals surface area (Å²) in [6.45, 7) is 0.563. The standard InChI is InChI=1S/C17H23N5O2/c1-21(11-14-8-5-9-16(14)23)17(24)15(22-12-18-19-20-22)10-13-6-3-2-4-7-13/h2-4,6-7,12,14-16,23H,5,8-11H2,1H3.